The van der Waals surface area contributed by atoms with E-state index < -0.39 is 0 Å². The van der Waals surface area contributed by atoms with Crippen LogP contribution in [0, 0.1) is 5.92 Å². The van der Waals surface area contributed by atoms with E-state index in [1.165, 1.54) is 0 Å². The summed E-state index contributed by atoms with van der Waals surface area (Å²) in [4.78, 5) is 11.2. The second kappa shape index (κ2) is 3.18. The minimum absolute atomic E-state index is 0.241. The van der Waals surface area contributed by atoms with Crippen LogP contribution < -0.4 is 0 Å². The fourth-order valence-corrected chi connectivity index (χ4v) is 1.62. The first-order valence-electron chi connectivity index (χ1n) is 4.16. The molecule has 0 radical (unpaired) electrons. The van der Waals surface area contributed by atoms with Crippen LogP contribution in [0.25, 0.3) is 0 Å². The highest BCUT2D eigenvalue weighted by Crippen LogP contribution is 2.33. The van der Waals surface area contributed by atoms with Gasteiger partial charge >= 0.3 is 0 Å². The number of Topliss-reactive ketones (excluding diaryl/α,β-unsaturated/α-hetero) is 1. The van der Waals surface area contributed by atoms with Crippen LogP contribution in [0.4, 0.5) is 0 Å². The fraction of sp³-hybridized carbons (Fsp3) is 0.889. The fourth-order valence-electron chi connectivity index (χ4n) is 0.811. The number of rotatable bonds is 3. The molecule has 1 nitrogen and oxygen atoms in total. The lowest BCUT2D eigenvalue weighted by molar-refractivity contribution is -0.117. The van der Waals surface area contributed by atoms with Gasteiger partial charge in [-0.25, -0.2) is 0 Å². The Morgan fingerprint density at radius 1 is 1.45 bits per heavy atom. The van der Waals surface area contributed by atoms with Crippen LogP contribution in [0.3, 0.4) is 0 Å². The second-order valence-corrected chi connectivity index (χ2v) is 5.94. The Balaban J connectivity index is 2.16. The molecule has 0 aromatic rings. The summed E-state index contributed by atoms with van der Waals surface area (Å²) in [5.41, 5.74) is 0. The molecule has 0 amide bonds. The predicted octanol–water partition coefficient (Wildman–Crippen LogP) is 2.50. The summed E-state index contributed by atoms with van der Waals surface area (Å²) in [5.74, 6) is 1.61. The number of ketones is 1. The zero-order valence-corrected chi connectivity index (χ0v) is 8.33. The third kappa shape index (κ3) is 3.80. The summed E-state index contributed by atoms with van der Waals surface area (Å²) in [7, 11) is 0. The molecule has 0 unspecified atom stereocenters. The average molecular weight is 172 g/mol. The summed E-state index contributed by atoms with van der Waals surface area (Å²) < 4.78 is 0.241. The third-order valence-electron chi connectivity index (χ3n) is 1.68. The quantitative estimate of drug-likeness (QED) is 0.650. The van der Waals surface area contributed by atoms with Gasteiger partial charge in [0.2, 0.25) is 0 Å². The molecule has 0 saturated heterocycles. The molecule has 11 heavy (non-hydrogen) atoms. The van der Waals surface area contributed by atoms with Crippen molar-refractivity contribution in [1.82, 2.24) is 0 Å². The molecule has 64 valence electrons. The van der Waals surface area contributed by atoms with Gasteiger partial charge in [-0.1, -0.05) is 20.8 Å². The molecular weight excluding hydrogens is 156 g/mol. The van der Waals surface area contributed by atoms with E-state index in [1.54, 1.807) is 11.8 Å². The van der Waals surface area contributed by atoms with Crippen molar-refractivity contribution >= 4 is 17.5 Å². The first kappa shape index (κ1) is 9.11. The van der Waals surface area contributed by atoms with E-state index in [0.717, 1.165) is 12.8 Å². The van der Waals surface area contributed by atoms with Gasteiger partial charge < -0.3 is 0 Å². The maximum Gasteiger partial charge on any atom is 0.145 e. The maximum atomic E-state index is 11.2. The number of thioether (sulfide) groups is 1. The Kier molecular flexibility index (Phi) is 2.63. The van der Waals surface area contributed by atoms with Crippen LogP contribution in [0.2, 0.25) is 0 Å². The van der Waals surface area contributed by atoms with Gasteiger partial charge in [-0.2, -0.15) is 0 Å². The van der Waals surface area contributed by atoms with Crippen LogP contribution >= 0.6 is 11.8 Å². The standard InChI is InChI=1S/C9H16OS/c1-9(2,3)11-6-8(10)7-4-5-7/h7H,4-6H2,1-3H3. The summed E-state index contributed by atoms with van der Waals surface area (Å²) >= 11 is 1.76. The lowest BCUT2D eigenvalue weighted by atomic mass is 10.3. The maximum absolute atomic E-state index is 11.2. The molecule has 2 heteroatoms. The molecule has 1 rings (SSSR count). The van der Waals surface area contributed by atoms with E-state index in [0.29, 0.717) is 17.5 Å². The highest BCUT2D eigenvalue weighted by Gasteiger charge is 2.29. The van der Waals surface area contributed by atoms with Crippen molar-refractivity contribution in [1.29, 1.82) is 0 Å². The normalized spacial score (nSPS) is 18.5. The topological polar surface area (TPSA) is 17.1 Å². The number of carbonyl (C=O) groups excluding carboxylic acids is 1. The average Bonchev–Trinajstić information content (AvgIpc) is 2.61. The van der Waals surface area contributed by atoms with E-state index in [-0.39, 0.29) is 4.75 Å². The molecule has 1 fully saturated rings. The van der Waals surface area contributed by atoms with E-state index in [1.807, 2.05) is 0 Å². The first-order chi connectivity index (χ1) is 4.99. The third-order valence-corrected chi connectivity index (χ3v) is 2.98. The minimum Gasteiger partial charge on any atom is -0.298 e. The molecule has 1 aliphatic carbocycles. The predicted molar refractivity (Wildman–Crippen MR) is 49.9 cm³/mol. The Morgan fingerprint density at radius 3 is 2.36 bits per heavy atom. The zero-order chi connectivity index (χ0) is 8.48. The van der Waals surface area contributed by atoms with Gasteiger partial charge in [-0.05, 0) is 12.8 Å². The Morgan fingerprint density at radius 2 is 2.00 bits per heavy atom. The van der Waals surface area contributed by atoms with Crippen molar-refractivity contribution < 1.29 is 4.79 Å². The highest BCUT2D eigenvalue weighted by atomic mass is 32.2. The monoisotopic (exact) mass is 172 g/mol. The minimum atomic E-state index is 0.241. The van der Waals surface area contributed by atoms with Crippen molar-refractivity contribution in [3.05, 3.63) is 0 Å². The zero-order valence-electron chi connectivity index (χ0n) is 7.52. The highest BCUT2D eigenvalue weighted by molar-refractivity contribution is 8.01. The van der Waals surface area contributed by atoms with E-state index in [2.05, 4.69) is 20.8 Å². The number of carbonyl (C=O) groups is 1. The van der Waals surface area contributed by atoms with E-state index in [9.17, 15) is 4.79 Å². The molecule has 0 heterocycles. The van der Waals surface area contributed by atoms with Gasteiger partial charge in [0.1, 0.15) is 5.78 Å². The lowest BCUT2D eigenvalue weighted by Crippen LogP contribution is -2.13. The second-order valence-electron chi connectivity index (χ2n) is 4.14. The van der Waals surface area contributed by atoms with Crippen LogP contribution in [0.1, 0.15) is 33.6 Å². The van der Waals surface area contributed by atoms with Gasteiger partial charge in [0.05, 0.1) is 5.75 Å². The molecule has 0 bridgehead atoms. The summed E-state index contributed by atoms with van der Waals surface area (Å²) in [6.07, 6.45) is 2.28. The van der Waals surface area contributed by atoms with E-state index in [4.69, 9.17) is 0 Å². The van der Waals surface area contributed by atoms with Crippen LogP contribution in [-0.2, 0) is 4.79 Å². The summed E-state index contributed by atoms with van der Waals surface area (Å²) in [6, 6.07) is 0. The molecular formula is C9H16OS. The number of hydrogen-bond acceptors (Lipinski definition) is 2. The van der Waals surface area contributed by atoms with Crippen LogP contribution in [0.15, 0.2) is 0 Å². The van der Waals surface area contributed by atoms with Crippen molar-refractivity contribution in [3.8, 4) is 0 Å². The largest absolute Gasteiger partial charge is 0.298 e. The van der Waals surface area contributed by atoms with E-state index >= 15 is 0 Å². The molecule has 0 aliphatic heterocycles. The summed E-state index contributed by atoms with van der Waals surface area (Å²) in [5, 5.41) is 0. The molecule has 0 aromatic heterocycles. The first-order valence-corrected chi connectivity index (χ1v) is 5.14. The summed E-state index contributed by atoms with van der Waals surface area (Å²) in [6.45, 7) is 6.45. The molecule has 1 aliphatic rings. The van der Waals surface area contributed by atoms with Crippen molar-refractivity contribution in [2.75, 3.05) is 5.75 Å². The SMILES string of the molecule is CC(C)(C)SCC(=O)C1CC1. The molecule has 0 N–H and O–H groups in total. The van der Waals surface area contributed by atoms with Crippen molar-refractivity contribution in [3.63, 3.8) is 0 Å². The Hall–Kier alpha value is 0.0200. The van der Waals surface area contributed by atoms with Gasteiger partial charge in [0.15, 0.2) is 0 Å². The molecule has 0 aromatic carbocycles. The Bertz CT molecular complexity index is 153. The Labute approximate surface area is 72.9 Å². The van der Waals surface area contributed by atoms with Crippen LogP contribution in [0.5, 0.6) is 0 Å². The number of hydrogen-bond donors (Lipinski definition) is 0. The molecule has 0 atom stereocenters. The van der Waals surface area contributed by atoms with Gasteiger partial charge in [-0.15, -0.1) is 11.8 Å². The smallest absolute Gasteiger partial charge is 0.145 e. The van der Waals surface area contributed by atoms with Crippen LogP contribution in [-0.4, -0.2) is 16.3 Å². The molecule has 1 saturated carbocycles. The molecule has 0 spiro atoms. The van der Waals surface area contributed by atoms with Gasteiger partial charge in [0, 0.05) is 10.7 Å². The van der Waals surface area contributed by atoms with Gasteiger partial charge in [0.25, 0.3) is 0 Å². The van der Waals surface area contributed by atoms with Gasteiger partial charge in [-0.3, -0.25) is 4.79 Å². The van der Waals surface area contributed by atoms with Crippen molar-refractivity contribution in [2.24, 2.45) is 5.92 Å². The van der Waals surface area contributed by atoms with Crippen molar-refractivity contribution in [2.45, 2.75) is 38.4 Å². The lowest BCUT2D eigenvalue weighted by Gasteiger charge is -2.16.